The summed E-state index contributed by atoms with van der Waals surface area (Å²) in [5, 5.41) is 3.97. The first kappa shape index (κ1) is 27.3. The van der Waals surface area contributed by atoms with Crippen molar-refractivity contribution in [2.75, 3.05) is 31.2 Å². The molecule has 3 aromatic rings. The van der Waals surface area contributed by atoms with Gasteiger partial charge in [-0.3, -0.25) is 9.10 Å². The average Bonchev–Trinajstić information content (AvgIpc) is 2.92. The van der Waals surface area contributed by atoms with Crippen molar-refractivity contribution in [2.24, 2.45) is 5.10 Å². The van der Waals surface area contributed by atoms with E-state index in [0.29, 0.717) is 41.7 Å². The fourth-order valence-corrected chi connectivity index (χ4v) is 4.73. The summed E-state index contributed by atoms with van der Waals surface area (Å²) >= 11 is 0. The Balaban J connectivity index is 1.78. The van der Waals surface area contributed by atoms with Gasteiger partial charge in [0.1, 0.15) is 18.9 Å². The van der Waals surface area contributed by atoms with E-state index in [1.165, 1.54) is 25.5 Å². The normalized spacial score (nSPS) is 11.1. The van der Waals surface area contributed by atoms with Crippen molar-refractivity contribution >= 4 is 27.8 Å². The molecule has 0 unspecified atom stereocenters. The van der Waals surface area contributed by atoms with E-state index in [0.717, 1.165) is 4.31 Å². The first-order chi connectivity index (χ1) is 17.9. The van der Waals surface area contributed by atoms with E-state index in [1.54, 1.807) is 66.7 Å². The number of hydrogen-bond donors (Lipinski definition) is 1. The summed E-state index contributed by atoms with van der Waals surface area (Å²) in [6.45, 7) is 5.79. The molecule has 0 atom stereocenters. The number of benzene rings is 3. The molecule has 9 nitrogen and oxygen atoms in total. The molecule has 1 N–H and O–H groups in total. The lowest BCUT2D eigenvalue weighted by Gasteiger charge is -2.24. The van der Waals surface area contributed by atoms with Crippen molar-refractivity contribution in [3.8, 4) is 17.2 Å². The molecule has 194 valence electrons. The van der Waals surface area contributed by atoms with Gasteiger partial charge in [0.15, 0.2) is 11.5 Å². The minimum atomic E-state index is -4.03. The zero-order valence-corrected chi connectivity index (χ0v) is 21.5. The van der Waals surface area contributed by atoms with Crippen LogP contribution in [0.3, 0.4) is 0 Å². The molecule has 1 amide bonds. The molecule has 0 aliphatic carbocycles. The highest BCUT2D eigenvalue weighted by atomic mass is 32.2. The Hall–Kier alpha value is -4.31. The molecule has 0 aliphatic rings. The first-order valence-electron chi connectivity index (χ1n) is 11.4. The summed E-state index contributed by atoms with van der Waals surface area (Å²) in [6.07, 6.45) is 3.05. The minimum absolute atomic E-state index is 0.0612. The van der Waals surface area contributed by atoms with Crippen LogP contribution >= 0.6 is 0 Å². The van der Waals surface area contributed by atoms with Crippen LogP contribution in [0.15, 0.2) is 95.4 Å². The molecule has 3 aromatic carbocycles. The van der Waals surface area contributed by atoms with Gasteiger partial charge >= 0.3 is 0 Å². The molecular weight excluding hydrogens is 494 g/mol. The third kappa shape index (κ3) is 7.34. The highest BCUT2D eigenvalue weighted by Gasteiger charge is 2.27. The Kier molecular flexibility index (Phi) is 9.68. The maximum Gasteiger partial charge on any atom is 0.264 e. The molecule has 0 aromatic heterocycles. The molecule has 0 radical (unpaired) electrons. The Morgan fingerprint density at radius 3 is 2.41 bits per heavy atom. The summed E-state index contributed by atoms with van der Waals surface area (Å²) in [6, 6.07) is 19.5. The van der Waals surface area contributed by atoms with Crippen molar-refractivity contribution in [3.05, 3.63) is 91.0 Å². The number of carbonyl (C=O) groups is 1. The van der Waals surface area contributed by atoms with Crippen LogP contribution in [0.2, 0.25) is 0 Å². The molecule has 10 heteroatoms. The van der Waals surface area contributed by atoms with Gasteiger partial charge in [0.05, 0.1) is 30.5 Å². The predicted octanol–water partition coefficient (Wildman–Crippen LogP) is 4.00. The number of hydrogen-bond acceptors (Lipinski definition) is 7. The van der Waals surface area contributed by atoms with E-state index in [2.05, 4.69) is 17.1 Å². The molecule has 0 saturated heterocycles. The average molecular weight is 524 g/mol. The molecule has 0 bridgehead atoms. The van der Waals surface area contributed by atoms with Crippen molar-refractivity contribution < 1.29 is 27.4 Å². The van der Waals surface area contributed by atoms with Gasteiger partial charge in [-0.2, -0.15) is 5.10 Å². The zero-order valence-electron chi connectivity index (χ0n) is 20.7. The van der Waals surface area contributed by atoms with Crippen LogP contribution in [0, 0.1) is 0 Å². The minimum Gasteiger partial charge on any atom is -0.494 e. The molecule has 3 rings (SSSR count). The number of sulfonamides is 1. The number of anilines is 1. The summed E-state index contributed by atoms with van der Waals surface area (Å²) in [5.74, 6) is 1.00. The van der Waals surface area contributed by atoms with Crippen LogP contribution in [0.5, 0.6) is 17.2 Å². The van der Waals surface area contributed by atoms with Gasteiger partial charge in [0.2, 0.25) is 0 Å². The van der Waals surface area contributed by atoms with Crippen molar-refractivity contribution in [1.82, 2.24) is 5.43 Å². The highest BCUT2D eigenvalue weighted by molar-refractivity contribution is 7.92. The largest absolute Gasteiger partial charge is 0.494 e. The van der Waals surface area contributed by atoms with E-state index in [4.69, 9.17) is 14.2 Å². The lowest BCUT2D eigenvalue weighted by atomic mass is 10.2. The second-order valence-electron chi connectivity index (χ2n) is 7.55. The number of amides is 1. The number of methoxy groups -OCH3 is 1. The van der Waals surface area contributed by atoms with Crippen LogP contribution in [-0.4, -0.2) is 47.4 Å². The zero-order chi connectivity index (χ0) is 26.7. The van der Waals surface area contributed by atoms with Gasteiger partial charge in [-0.15, -0.1) is 0 Å². The van der Waals surface area contributed by atoms with Gasteiger partial charge in [0, 0.05) is 0 Å². The Morgan fingerprint density at radius 2 is 1.76 bits per heavy atom. The lowest BCUT2D eigenvalue weighted by molar-refractivity contribution is -0.119. The van der Waals surface area contributed by atoms with Gasteiger partial charge in [0.25, 0.3) is 15.9 Å². The van der Waals surface area contributed by atoms with E-state index < -0.39 is 22.5 Å². The number of nitrogens with one attached hydrogen (secondary N) is 1. The predicted molar refractivity (Wildman–Crippen MR) is 143 cm³/mol. The van der Waals surface area contributed by atoms with Crippen LogP contribution in [-0.2, 0) is 14.8 Å². The maximum atomic E-state index is 13.4. The third-order valence-corrected chi connectivity index (χ3v) is 6.79. The number of carbonyl (C=O) groups excluding carboxylic acids is 1. The van der Waals surface area contributed by atoms with Crippen LogP contribution in [0.1, 0.15) is 12.5 Å². The topological polar surface area (TPSA) is 107 Å². The number of hydrazone groups is 1. The summed E-state index contributed by atoms with van der Waals surface area (Å²) < 4.78 is 44.1. The van der Waals surface area contributed by atoms with Crippen LogP contribution in [0.4, 0.5) is 5.69 Å². The molecule has 0 saturated carbocycles. The van der Waals surface area contributed by atoms with Gasteiger partial charge in [-0.05, 0) is 67.1 Å². The molecule has 0 fully saturated rings. The summed E-state index contributed by atoms with van der Waals surface area (Å²) in [7, 11) is -2.52. The van der Waals surface area contributed by atoms with Gasteiger partial charge < -0.3 is 14.2 Å². The first-order valence-corrected chi connectivity index (χ1v) is 12.9. The molecule has 0 spiro atoms. The van der Waals surface area contributed by atoms with Gasteiger partial charge in [-0.1, -0.05) is 30.9 Å². The Bertz CT molecular complexity index is 1330. The fourth-order valence-electron chi connectivity index (χ4n) is 3.29. The molecule has 0 heterocycles. The number of nitrogens with zero attached hydrogens (tertiary/aromatic N) is 2. The lowest BCUT2D eigenvalue weighted by Crippen LogP contribution is -2.39. The highest BCUT2D eigenvalue weighted by Crippen LogP contribution is 2.28. The molecule has 37 heavy (non-hydrogen) atoms. The van der Waals surface area contributed by atoms with Crippen molar-refractivity contribution in [2.45, 2.75) is 11.8 Å². The van der Waals surface area contributed by atoms with E-state index in [9.17, 15) is 13.2 Å². The van der Waals surface area contributed by atoms with Crippen LogP contribution in [0.25, 0.3) is 0 Å². The van der Waals surface area contributed by atoms with E-state index in [-0.39, 0.29) is 4.90 Å². The Morgan fingerprint density at radius 1 is 1.03 bits per heavy atom. The number of ether oxygens (including phenoxy) is 3. The van der Waals surface area contributed by atoms with Crippen molar-refractivity contribution in [1.29, 1.82) is 0 Å². The standard InChI is InChI=1S/C27H29N3O6S/c1-4-17-36-25-16-11-21(18-26(25)34-3)19-28-29-27(31)20-30(22-12-14-23(15-13-22)35-5-2)37(32,33)24-9-7-6-8-10-24/h4,6-16,18-19H,1,5,17,20H2,2-3H3,(H,29,31). The van der Waals surface area contributed by atoms with Gasteiger partial charge in [-0.25, -0.2) is 13.8 Å². The smallest absolute Gasteiger partial charge is 0.264 e. The second kappa shape index (κ2) is 13.1. The maximum absolute atomic E-state index is 13.4. The second-order valence-corrected chi connectivity index (χ2v) is 9.42. The quantitative estimate of drug-likeness (QED) is 0.206. The third-order valence-electron chi connectivity index (χ3n) is 5.00. The fraction of sp³-hybridized carbons (Fsp3) is 0.185. The van der Waals surface area contributed by atoms with E-state index >= 15 is 0 Å². The SMILES string of the molecule is C=CCOc1ccc(C=NNC(=O)CN(c2ccc(OCC)cc2)S(=O)(=O)c2ccccc2)cc1OC. The van der Waals surface area contributed by atoms with Crippen LogP contribution < -0.4 is 23.9 Å². The molecular formula is C27H29N3O6S. The summed E-state index contributed by atoms with van der Waals surface area (Å²) in [5.41, 5.74) is 3.34. The monoisotopic (exact) mass is 523 g/mol. The van der Waals surface area contributed by atoms with E-state index in [1.807, 2.05) is 6.92 Å². The number of rotatable bonds is 13. The molecule has 0 aliphatic heterocycles. The summed E-state index contributed by atoms with van der Waals surface area (Å²) in [4.78, 5) is 12.8. The Labute approximate surface area is 217 Å². The van der Waals surface area contributed by atoms with Crippen molar-refractivity contribution in [3.63, 3.8) is 0 Å².